The molecule has 1 aliphatic rings. The van der Waals surface area contributed by atoms with E-state index in [1.54, 1.807) is 18.2 Å². The number of morpholine rings is 1. The molecule has 5 aromatic rings. The third-order valence-corrected chi connectivity index (χ3v) is 7.40. The van der Waals surface area contributed by atoms with E-state index in [9.17, 15) is 4.79 Å². The fourth-order valence-electron chi connectivity index (χ4n) is 5.24. The Morgan fingerprint density at radius 3 is 2.60 bits per heavy atom. The van der Waals surface area contributed by atoms with Crippen molar-refractivity contribution in [2.45, 2.75) is 12.5 Å². The van der Waals surface area contributed by atoms with Gasteiger partial charge in [0.15, 0.2) is 0 Å². The summed E-state index contributed by atoms with van der Waals surface area (Å²) in [7, 11) is 3.60. The van der Waals surface area contributed by atoms with Crippen LogP contribution in [0.1, 0.15) is 17.6 Å². The number of methoxy groups -OCH3 is 1. The van der Waals surface area contributed by atoms with Gasteiger partial charge in [0.1, 0.15) is 23.2 Å². The zero-order chi connectivity index (χ0) is 27.5. The molecule has 1 amide bonds. The van der Waals surface area contributed by atoms with Crippen LogP contribution >= 0.6 is 0 Å². The van der Waals surface area contributed by atoms with Crippen LogP contribution in [0.3, 0.4) is 0 Å². The van der Waals surface area contributed by atoms with E-state index in [2.05, 4.69) is 34.1 Å². The number of furan rings is 1. The summed E-state index contributed by atoms with van der Waals surface area (Å²) < 4.78 is 19.0. The molecule has 6 rings (SSSR count). The predicted octanol–water partition coefficient (Wildman–Crippen LogP) is 5.02. The van der Waals surface area contributed by atoms with E-state index < -0.39 is 6.04 Å². The summed E-state index contributed by atoms with van der Waals surface area (Å²) in [5.74, 6) is 1.87. The van der Waals surface area contributed by atoms with Gasteiger partial charge in [-0.2, -0.15) is 0 Å². The Balaban J connectivity index is 1.36. The molecule has 4 heterocycles. The predicted molar refractivity (Wildman–Crippen MR) is 154 cm³/mol. The quantitative estimate of drug-likeness (QED) is 0.244. The van der Waals surface area contributed by atoms with E-state index in [0.29, 0.717) is 17.9 Å². The molecular weight excluding hydrogens is 506 g/mol. The van der Waals surface area contributed by atoms with Crippen molar-refractivity contribution < 1.29 is 18.7 Å². The number of pyridine rings is 1. The third-order valence-electron chi connectivity index (χ3n) is 7.40. The molecule has 0 saturated carbocycles. The van der Waals surface area contributed by atoms with Gasteiger partial charge in [-0.3, -0.25) is 14.7 Å². The topological polar surface area (TPSA) is 85.9 Å². The number of hydrogen-bond donors (Lipinski definition) is 0. The number of nitrogens with zero attached hydrogens (tertiary/aromatic N) is 5. The molecule has 9 nitrogen and oxygen atoms in total. The maximum atomic E-state index is 12.7. The Bertz CT molecular complexity index is 1590. The average Bonchev–Trinajstić information content (AvgIpc) is 3.61. The number of rotatable bonds is 9. The molecule has 1 unspecified atom stereocenters. The lowest BCUT2D eigenvalue weighted by atomic mass is 10.1. The summed E-state index contributed by atoms with van der Waals surface area (Å²) in [5, 5.41) is 0.846. The fraction of sp³-hybridized carbons (Fsp3) is 0.258. The highest BCUT2D eigenvalue weighted by molar-refractivity contribution is 5.86. The second-order valence-corrected chi connectivity index (χ2v) is 9.75. The molecule has 1 fully saturated rings. The monoisotopic (exact) mass is 537 g/mol. The first-order valence-electron chi connectivity index (χ1n) is 13.3. The van der Waals surface area contributed by atoms with Gasteiger partial charge in [-0.25, -0.2) is 4.98 Å². The van der Waals surface area contributed by atoms with Crippen LogP contribution in [0.5, 0.6) is 5.75 Å². The summed E-state index contributed by atoms with van der Waals surface area (Å²) in [6.07, 6.45) is 4.87. The van der Waals surface area contributed by atoms with Crippen molar-refractivity contribution in [2.75, 3.05) is 43.2 Å². The van der Waals surface area contributed by atoms with Crippen LogP contribution in [0.15, 0.2) is 83.5 Å². The van der Waals surface area contributed by atoms with E-state index in [-0.39, 0.29) is 0 Å². The van der Waals surface area contributed by atoms with Gasteiger partial charge in [0.05, 0.1) is 32.2 Å². The van der Waals surface area contributed by atoms with Crippen molar-refractivity contribution in [3.63, 3.8) is 0 Å². The molecule has 204 valence electrons. The molecule has 0 spiro atoms. The summed E-state index contributed by atoms with van der Waals surface area (Å²) >= 11 is 0. The lowest BCUT2D eigenvalue weighted by molar-refractivity contribution is -0.108. The minimum atomic E-state index is -0.457. The number of amides is 1. The average molecular weight is 538 g/mol. The second-order valence-electron chi connectivity index (χ2n) is 9.75. The number of anilines is 2. The summed E-state index contributed by atoms with van der Waals surface area (Å²) in [6, 6.07) is 21.2. The fourth-order valence-corrected chi connectivity index (χ4v) is 5.24. The minimum Gasteiger partial charge on any atom is -0.497 e. The van der Waals surface area contributed by atoms with Crippen molar-refractivity contribution in [3.05, 3.63) is 90.6 Å². The van der Waals surface area contributed by atoms with Gasteiger partial charge in [-0.15, -0.1) is 0 Å². The first kappa shape index (κ1) is 25.6. The van der Waals surface area contributed by atoms with Crippen LogP contribution < -0.4 is 14.5 Å². The van der Waals surface area contributed by atoms with E-state index in [1.165, 1.54) is 5.69 Å². The maximum absolute atomic E-state index is 12.7. The summed E-state index contributed by atoms with van der Waals surface area (Å²) in [4.78, 5) is 25.9. The van der Waals surface area contributed by atoms with E-state index in [4.69, 9.17) is 18.9 Å². The van der Waals surface area contributed by atoms with Crippen LogP contribution in [0, 0.1) is 0 Å². The normalized spacial score (nSPS) is 14.3. The first-order valence-corrected chi connectivity index (χ1v) is 13.3. The highest BCUT2D eigenvalue weighted by atomic mass is 16.5. The molecule has 40 heavy (non-hydrogen) atoms. The zero-order valence-corrected chi connectivity index (χ0v) is 22.6. The largest absolute Gasteiger partial charge is 0.497 e. The van der Waals surface area contributed by atoms with Crippen molar-refractivity contribution in [1.29, 1.82) is 0 Å². The molecule has 0 aliphatic carbocycles. The number of hydrogen-bond acceptors (Lipinski definition) is 7. The van der Waals surface area contributed by atoms with Gasteiger partial charge in [0.2, 0.25) is 12.3 Å². The van der Waals surface area contributed by atoms with Gasteiger partial charge in [0, 0.05) is 55.6 Å². The molecule has 0 radical (unpaired) electrons. The van der Waals surface area contributed by atoms with E-state index in [0.717, 1.165) is 66.6 Å². The Kier molecular flexibility index (Phi) is 7.20. The minimum absolute atomic E-state index is 0.429. The third kappa shape index (κ3) is 5.03. The first-order chi connectivity index (χ1) is 19.6. The molecule has 1 atom stereocenters. The smallest absolute Gasteiger partial charge is 0.217 e. The van der Waals surface area contributed by atoms with Crippen LogP contribution in [0.4, 0.5) is 11.6 Å². The molecule has 3 aromatic heterocycles. The summed E-state index contributed by atoms with van der Waals surface area (Å²) in [6.45, 7) is 3.27. The Hall–Kier alpha value is -4.63. The standard InChI is InChI=1S/C31H31N5O4/c1-34-28(22-6-8-25(9-7-22)35-13-15-39-16-14-35)20-33-31(34)27(19-24-5-3-4-12-32-24)36(21-37)30-18-23-17-26(38-2)10-11-29(23)40-30/h3-12,17-18,20-21,27H,13-16,19H2,1-2H3. The molecule has 0 N–H and O–H groups in total. The molecule has 0 bridgehead atoms. The van der Waals surface area contributed by atoms with Crippen LogP contribution in [-0.2, 0) is 23.0 Å². The second kappa shape index (κ2) is 11.2. The zero-order valence-electron chi connectivity index (χ0n) is 22.6. The van der Waals surface area contributed by atoms with Crippen molar-refractivity contribution in [1.82, 2.24) is 14.5 Å². The Morgan fingerprint density at radius 1 is 1.05 bits per heavy atom. The van der Waals surface area contributed by atoms with Crippen LogP contribution in [0.2, 0.25) is 0 Å². The van der Waals surface area contributed by atoms with Gasteiger partial charge < -0.3 is 23.4 Å². The lowest BCUT2D eigenvalue weighted by Gasteiger charge is -2.29. The lowest BCUT2D eigenvalue weighted by Crippen LogP contribution is -2.36. The van der Waals surface area contributed by atoms with Gasteiger partial charge >= 0.3 is 0 Å². The number of carbonyl (C=O) groups is 1. The highest BCUT2D eigenvalue weighted by Gasteiger charge is 2.29. The van der Waals surface area contributed by atoms with Crippen LogP contribution in [0.25, 0.3) is 22.2 Å². The molecule has 2 aromatic carbocycles. The Labute approximate surface area is 232 Å². The van der Waals surface area contributed by atoms with E-state index >= 15 is 0 Å². The molecular formula is C31H31N5O4. The van der Waals surface area contributed by atoms with E-state index in [1.807, 2.05) is 60.3 Å². The van der Waals surface area contributed by atoms with Gasteiger partial charge in [0.25, 0.3) is 0 Å². The number of fused-ring (bicyclic) bond motifs is 1. The van der Waals surface area contributed by atoms with Crippen molar-refractivity contribution in [3.8, 4) is 17.0 Å². The molecule has 1 aliphatic heterocycles. The van der Waals surface area contributed by atoms with Crippen molar-refractivity contribution >= 4 is 29.0 Å². The van der Waals surface area contributed by atoms with Gasteiger partial charge in [-0.1, -0.05) is 18.2 Å². The number of benzene rings is 2. The number of carbonyl (C=O) groups excluding carboxylic acids is 1. The Morgan fingerprint density at radius 2 is 1.88 bits per heavy atom. The highest BCUT2D eigenvalue weighted by Crippen LogP contribution is 2.35. The van der Waals surface area contributed by atoms with Crippen molar-refractivity contribution in [2.24, 2.45) is 7.05 Å². The number of ether oxygens (including phenoxy) is 2. The van der Waals surface area contributed by atoms with Gasteiger partial charge in [-0.05, 0) is 48.0 Å². The summed E-state index contributed by atoms with van der Waals surface area (Å²) in [5.41, 5.74) is 4.69. The SMILES string of the molecule is COc1ccc2oc(N(C=O)C(Cc3ccccn3)c3ncc(-c4ccc(N5CCOCC5)cc4)n3C)cc2c1. The van der Waals surface area contributed by atoms with Crippen LogP contribution in [-0.4, -0.2) is 54.4 Å². The maximum Gasteiger partial charge on any atom is 0.217 e. The number of aromatic nitrogens is 3. The number of imidazole rings is 1. The molecule has 1 saturated heterocycles. The molecule has 9 heteroatoms.